The second kappa shape index (κ2) is 5.18. The zero-order chi connectivity index (χ0) is 13.5. The van der Waals surface area contributed by atoms with Crippen LogP contribution in [0.25, 0.3) is 5.69 Å². The molecule has 0 unspecified atom stereocenters. The van der Waals surface area contributed by atoms with Crippen LogP contribution in [-0.2, 0) is 4.79 Å². The van der Waals surface area contributed by atoms with E-state index in [0.29, 0.717) is 11.5 Å². The third-order valence-corrected chi connectivity index (χ3v) is 3.21. The maximum absolute atomic E-state index is 11.9. The van der Waals surface area contributed by atoms with Crippen LogP contribution in [0.4, 0.5) is 5.69 Å². The van der Waals surface area contributed by atoms with Crippen molar-refractivity contribution in [2.75, 3.05) is 5.32 Å². The third kappa shape index (κ3) is 2.63. The smallest absolute Gasteiger partial charge is 0.244 e. The Labute approximate surface area is 121 Å². The zero-order valence-electron chi connectivity index (χ0n) is 10.9. The molecular weight excluding hydrogens is 280 g/mol. The summed E-state index contributed by atoms with van der Waals surface area (Å²) in [7, 11) is 0. The van der Waals surface area contributed by atoms with E-state index in [9.17, 15) is 4.79 Å². The summed E-state index contributed by atoms with van der Waals surface area (Å²) in [6.07, 6.45) is 1.48. The van der Waals surface area contributed by atoms with Crippen molar-refractivity contribution in [2.45, 2.75) is 25.3 Å². The second-order valence-electron chi connectivity index (χ2n) is 4.80. The molecular formula is C12H15ClN6O. The van der Waals surface area contributed by atoms with Crippen molar-refractivity contribution in [3.05, 3.63) is 30.1 Å². The molecule has 1 aliphatic carbocycles. The van der Waals surface area contributed by atoms with Gasteiger partial charge in [-0.1, -0.05) is 6.07 Å². The lowest BCUT2D eigenvalue weighted by Crippen LogP contribution is -2.37. The van der Waals surface area contributed by atoms with E-state index in [0.717, 1.165) is 18.5 Å². The van der Waals surface area contributed by atoms with E-state index >= 15 is 0 Å². The van der Waals surface area contributed by atoms with Gasteiger partial charge in [-0.15, -0.1) is 17.5 Å². The van der Waals surface area contributed by atoms with Crippen LogP contribution in [-0.4, -0.2) is 31.7 Å². The molecule has 1 saturated carbocycles. The Morgan fingerprint density at radius 1 is 1.45 bits per heavy atom. The Morgan fingerprint density at radius 3 is 2.80 bits per heavy atom. The van der Waals surface area contributed by atoms with Gasteiger partial charge in [-0.3, -0.25) is 4.79 Å². The van der Waals surface area contributed by atoms with Gasteiger partial charge in [0.05, 0.1) is 11.2 Å². The van der Waals surface area contributed by atoms with Crippen LogP contribution in [0.3, 0.4) is 0 Å². The van der Waals surface area contributed by atoms with E-state index in [2.05, 4.69) is 20.8 Å². The van der Waals surface area contributed by atoms with Gasteiger partial charge < -0.3 is 11.1 Å². The molecule has 0 aliphatic heterocycles. The van der Waals surface area contributed by atoms with Crippen LogP contribution >= 0.6 is 12.4 Å². The summed E-state index contributed by atoms with van der Waals surface area (Å²) < 4.78 is 1.60. The van der Waals surface area contributed by atoms with Gasteiger partial charge >= 0.3 is 0 Å². The second-order valence-corrected chi connectivity index (χ2v) is 4.80. The van der Waals surface area contributed by atoms with Gasteiger partial charge in [0.1, 0.15) is 0 Å². The Bertz CT molecular complexity index is 636. The fourth-order valence-corrected chi connectivity index (χ4v) is 1.80. The summed E-state index contributed by atoms with van der Waals surface area (Å²) in [6.45, 7) is 1.81. The van der Waals surface area contributed by atoms with Gasteiger partial charge in [0.15, 0.2) is 5.82 Å². The highest BCUT2D eigenvalue weighted by atomic mass is 35.5. The van der Waals surface area contributed by atoms with Crippen LogP contribution in [0.15, 0.2) is 24.3 Å². The number of rotatable bonds is 3. The predicted molar refractivity (Wildman–Crippen MR) is 75.9 cm³/mol. The van der Waals surface area contributed by atoms with Crippen molar-refractivity contribution in [1.82, 2.24) is 20.2 Å². The van der Waals surface area contributed by atoms with E-state index in [-0.39, 0.29) is 18.3 Å². The standard InChI is InChI=1S/C12H14N6O.ClH/c1-8-15-16-17-18(8)10-4-2-3-9(7-10)14-11(19)12(13)5-6-12;/h2-4,7H,5-6,13H2,1H3,(H,14,19);1H. The number of amides is 1. The number of halogens is 1. The molecule has 1 fully saturated rings. The molecule has 20 heavy (non-hydrogen) atoms. The van der Waals surface area contributed by atoms with Gasteiger partial charge in [0, 0.05) is 5.69 Å². The topological polar surface area (TPSA) is 98.7 Å². The van der Waals surface area contributed by atoms with Crippen LogP contribution in [0.5, 0.6) is 0 Å². The molecule has 0 bridgehead atoms. The molecule has 1 aromatic heterocycles. The van der Waals surface area contributed by atoms with Crippen molar-refractivity contribution in [3.8, 4) is 5.69 Å². The highest BCUT2D eigenvalue weighted by molar-refractivity contribution is 6.00. The molecule has 0 radical (unpaired) electrons. The number of nitrogens with one attached hydrogen (secondary N) is 1. The van der Waals surface area contributed by atoms with Crippen molar-refractivity contribution in [3.63, 3.8) is 0 Å². The number of carbonyl (C=O) groups excluding carboxylic acids is 1. The number of anilines is 1. The van der Waals surface area contributed by atoms with Crippen LogP contribution in [0, 0.1) is 6.92 Å². The minimum Gasteiger partial charge on any atom is -0.324 e. The summed E-state index contributed by atoms with van der Waals surface area (Å²) in [5.74, 6) is 0.541. The van der Waals surface area contributed by atoms with Crippen molar-refractivity contribution < 1.29 is 4.79 Å². The van der Waals surface area contributed by atoms with Crippen molar-refractivity contribution in [1.29, 1.82) is 0 Å². The normalized spacial score (nSPS) is 15.3. The molecule has 2 aromatic rings. The molecule has 106 valence electrons. The first kappa shape index (κ1) is 14.4. The molecule has 7 nitrogen and oxygen atoms in total. The molecule has 8 heteroatoms. The lowest BCUT2D eigenvalue weighted by Gasteiger charge is -2.11. The van der Waals surface area contributed by atoms with E-state index in [1.807, 2.05) is 31.2 Å². The first-order valence-electron chi connectivity index (χ1n) is 6.04. The van der Waals surface area contributed by atoms with Gasteiger partial charge in [-0.2, -0.15) is 4.68 Å². The van der Waals surface area contributed by atoms with Gasteiger partial charge in [-0.05, 0) is 48.4 Å². The molecule has 1 aliphatic rings. The van der Waals surface area contributed by atoms with Gasteiger partial charge in [-0.25, -0.2) is 0 Å². The third-order valence-electron chi connectivity index (χ3n) is 3.21. The monoisotopic (exact) mass is 294 g/mol. The highest BCUT2D eigenvalue weighted by Crippen LogP contribution is 2.33. The fraction of sp³-hybridized carbons (Fsp3) is 0.333. The molecule has 1 amide bonds. The fourth-order valence-electron chi connectivity index (χ4n) is 1.80. The van der Waals surface area contributed by atoms with E-state index < -0.39 is 5.54 Å². The van der Waals surface area contributed by atoms with Gasteiger partial charge in [0.25, 0.3) is 0 Å². The number of nitrogens with two attached hydrogens (primary N) is 1. The summed E-state index contributed by atoms with van der Waals surface area (Å²) in [5.41, 5.74) is 6.65. The largest absolute Gasteiger partial charge is 0.324 e. The summed E-state index contributed by atoms with van der Waals surface area (Å²) in [6, 6.07) is 7.33. The maximum Gasteiger partial charge on any atom is 0.244 e. The van der Waals surface area contributed by atoms with Gasteiger partial charge in [0.2, 0.25) is 5.91 Å². The number of aromatic nitrogens is 4. The number of aryl methyl sites for hydroxylation is 1. The zero-order valence-corrected chi connectivity index (χ0v) is 11.7. The number of hydrogen-bond donors (Lipinski definition) is 2. The number of hydrogen-bond acceptors (Lipinski definition) is 5. The molecule has 0 spiro atoms. The van der Waals surface area contributed by atoms with Crippen LogP contribution in [0.2, 0.25) is 0 Å². The Morgan fingerprint density at radius 2 is 2.20 bits per heavy atom. The lowest BCUT2D eigenvalue weighted by molar-refractivity contribution is -0.118. The average molecular weight is 295 g/mol. The van der Waals surface area contributed by atoms with Crippen molar-refractivity contribution in [2.24, 2.45) is 5.73 Å². The average Bonchev–Trinajstić information content (AvgIpc) is 3.00. The van der Waals surface area contributed by atoms with E-state index in [1.165, 1.54) is 0 Å². The molecule has 0 atom stereocenters. The minimum atomic E-state index is -0.680. The maximum atomic E-state index is 11.9. The molecule has 3 rings (SSSR count). The van der Waals surface area contributed by atoms with E-state index in [4.69, 9.17) is 5.73 Å². The van der Waals surface area contributed by atoms with Crippen LogP contribution < -0.4 is 11.1 Å². The molecule has 1 aromatic carbocycles. The summed E-state index contributed by atoms with van der Waals surface area (Å²) in [4.78, 5) is 11.9. The van der Waals surface area contributed by atoms with Crippen molar-refractivity contribution >= 4 is 24.0 Å². The summed E-state index contributed by atoms with van der Waals surface area (Å²) >= 11 is 0. The SMILES string of the molecule is Cc1nnnn1-c1cccc(NC(=O)C2(N)CC2)c1.Cl. The van der Waals surface area contributed by atoms with E-state index in [1.54, 1.807) is 4.68 Å². The number of benzene rings is 1. The predicted octanol–water partition coefficient (Wildman–Crippen LogP) is 0.822. The number of carbonyl (C=O) groups is 1. The molecule has 3 N–H and O–H groups in total. The Kier molecular flexibility index (Phi) is 3.74. The summed E-state index contributed by atoms with van der Waals surface area (Å²) in [5, 5.41) is 14.1. The minimum absolute atomic E-state index is 0. The number of nitrogens with zero attached hydrogens (tertiary/aromatic N) is 4. The molecule has 0 saturated heterocycles. The number of tetrazole rings is 1. The quantitative estimate of drug-likeness (QED) is 0.873. The first-order valence-corrected chi connectivity index (χ1v) is 6.04. The Hall–Kier alpha value is -1.99. The first-order chi connectivity index (χ1) is 9.08. The van der Waals surface area contributed by atoms with Crippen LogP contribution in [0.1, 0.15) is 18.7 Å². The Balaban J connectivity index is 0.00000147. The lowest BCUT2D eigenvalue weighted by atomic mass is 10.2. The molecule has 1 heterocycles. The highest BCUT2D eigenvalue weighted by Gasteiger charge is 2.45.